The van der Waals surface area contributed by atoms with E-state index in [1.807, 2.05) is 12.1 Å². The molecule has 2 rings (SSSR count). The minimum absolute atomic E-state index is 0.0226. The number of nitrogens with zero attached hydrogens (tertiary/aromatic N) is 1. The summed E-state index contributed by atoms with van der Waals surface area (Å²) in [5.41, 5.74) is 2.83. The van der Waals surface area contributed by atoms with Crippen molar-refractivity contribution in [2.24, 2.45) is 0 Å². The lowest BCUT2D eigenvalue weighted by Gasteiger charge is -2.24. The summed E-state index contributed by atoms with van der Waals surface area (Å²) in [6.45, 7) is 3.54. The molecule has 1 aliphatic heterocycles. The Hall–Kier alpha value is -1.51. The van der Waals surface area contributed by atoms with E-state index in [1.54, 1.807) is 7.05 Å². The third-order valence-corrected chi connectivity index (χ3v) is 3.99. The van der Waals surface area contributed by atoms with Gasteiger partial charge in [0.2, 0.25) is 5.91 Å². The maximum atomic E-state index is 11.9. The van der Waals surface area contributed by atoms with Crippen molar-refractivity contribution in [3.05, 3.63) is 22.2 Å². The Kier molecular flexibility index (Phi) is 4.69. The van der Waals surface area contributed by atoms with Crippen LogP contribution in [0.25, 0.3) is 0 Å². The molecule has 0 saturated heterocycles. The monoisotopic (exact) mass is 335 g/mol. The average Bonchev–Trinajstić information content (AvgIpc) is 2.72. The molecule has 0 radical (unpaired) electrons. The first kappa shape index (κ1) is 14.9. The highest BCUT2D eigenvalue weighted by Gasteiger charge is 2.30. The van der Waals surface area contributed by atoms with Gasteiger partial charge in [0.25, 0.3) is 0 Å². The zero-order valence-electron chi connectivity index (χ0n) is 11.7. The summed E-state index contributed by atoms with van der Waals surface area (Å²) in [5.74, 6) is 2.66. The fourth-order valence-electron chi connectivity index (χ4n) is 2.46. The number of likely N-dealkylation sites (N-methyl/N-ethyl adjacent to an activating group) is 1. The normalized spacial score (nSPS) is 16.5. The van der Waals surface area contributed by atoms with Crippen LogP contribution >= 0.6 is 15.9 Å². The Morgan fingerprint density at radius 3 is 2.90 bits per heavy atom. The summed E-state index contributed by atoms with van der Waals surface area (Å²) in [6, 6.07) is 3.69. The molecule has 0 aromatic heterocycles. The molecule has 4 nitrogen and oxygen atoms in total. The number of nitrogens with one attached hydrogen (secondary N) is 2. The minimum Gasteiger partial charge on any atom is -0.359 e. The van der Waals surface area contributed by atoms with E-state index in [2.05, 4.69) is 44.3 Å². The fourth-order valence-corrected chi connectivity index (χ4v) is 3.08. The van der Waals surface area contributed by atoms with Gasteiger partial charge < -0.3 is 15.5 Å². The molecule has 0 saturated carbocycles. The van der Waals surface area contributed by atoms with Gasteiger partial charge in [0, 0.05) is 22.3 Å². The van der Waals surface area contributed by atoms with Gasteiger partial charge in [-0.3, -0.25) is 4.79 Å². The number of rotatable bonds is 5. The number of carbonyl (C=O) groups is 1. The van der Waals surface area contributed by atoms with Crippen LogP contribution in [0.1, 0.15) is 24.9 Å². The van der Waals surface area contributed by atoms with E-state index in [1.165, 1.54) is 0 Å². The summed E-state index contributed by atoms with van der Waals surface area (Å²) in [5, 5.41) is 5.92. The Balaban J connectivity index is 2.41. The van der Waals surface area contributed by atoms with Crippen molar-refractivity contribution in [3.8, 4) is 12.3 Å². The zero-order valence-corrected chi connectivity index (χ0v) is 13.3. The predicted octanol–water partition coefficient (Wildman–Crippen LogP) is 2.51. The molecule has 5 heteroatoms. The van der Waals surface area contributed by atoms with Crippen molar-refractivity contribution >= 4 is 33.2 Å². The zero-order chi connectivity index (χ0) is 14.7. The molecule has 0 fully saturated rings. The lowest BCUT2D eigenvalue weighted by molar-refractivity contribution is -0.117. The van der Waals surface area contributed by atoms with Crippen LogP contribution in [0.4, 0.5) is 11.4 Å². The Morgan fingerprint density at radius 2 is 2.30 bits per heavy atom. The molecule has 1 heterocycles. The van der Waals surface area contributed by atoms with Gasteiger partial charge in [-0.15, -0.1) is 6.42 Å². The molecule has 1 aromatic carbocycles. The van der Waals surface area contributed by atoms with E-state index >= 15 is 0 Å². The van der Waals surface area contributed by atoms with Gasteiger partial charge in [-0.25, -0.2) is 0 Å². The molecule has 1 unspecified atom stereocenters. The number of hydrogen-bond donors (Lipinski definition) is 2. The molecule has 106 valence electrons. The number of terminal acetylenes is 1. The van der Waals surface area contributed by atoms with Crippen molar-refractivity contribution < 1.29 is 4.79 Å². The van der Waals surface area contributed by atoms with Crippen LogP contribution < -0.4 is 15.5 Å². The third-order valence-electron chi connectivity index (χ3n) is 3.36. The molecule has 1 amide bonds. The average molecular weight is 336 g/mol. The van der Waals surface area contributed by atoms with Crippen LogP contribution in [0.2, 0.25) is 0 Å². The number of anilines is 2. The smallest absolute Gasteiger partial charge is 0.246 e. The van der Waals surface area contributed by atoms with Gasteiger partial charge in [0.15, 0.2) is 0 Å². The number of halogens is 1. The van der Waals surface area contributed by atoms with E-state index in [4.69, 9.17) is 6.42 Å². The number of fused-ring (bicyclic) bond motifs is 1. The van der Waals surface area contributed by atoms with Gasteiger partial charge in [-0.1, -0.05) is 12.8 Å². The van der Waals surface area contributed by atoms with Crippen LogP contribution in [-0.4, -0.2) is 26.0 Å². The van der Waals surface area contributed by atoms with Gasteiger partial charge >= 0.3 is 0 Å². The topological polar surface area (TPSA) is 44.4 Å². The summed E-state index contributed by atoms with van der Waals surface area (Å²) >= 11 is 3.59. The van der Waals surface area contributed by atoms with Crippen LogP contribution in [-0.2, 0) is 4.79 Å². The molecular weight excluding hydrogens is 318 g/mol. The maximum Gasteiger partial charge on any atom is 0.246 e. The number of hydrogen-bond acceptors (Lipinski definition) is 3. The molecule has 1 aliphatic rings. The standard InChI is InChI=1S/C15H18BrN3O/c1-4-6-19(7-5-2)13-9-12-10(8-11(13)16)14(17-3)15(20)18-12/h1,8-9,14,17H,5-7H2,2-3H3,(H,18,20). The summed E-state index contributed by atoms with van der Waals surface area (Å²) in [7, 11) is 1.78. The molecule has 0 spiro atoms. The molecule has 0 bridgehead atoms. The quantitative estimate of drug-likeness (QED) is 0.812. The SMILES string of the molecule is C#CCN(CCC)c1cc2c(cc1Br)C(NC)C(=O)N2. The highest BCUT2D eigenvalue weighted by Crippen LogP contribution is 2.38. The lowest BCUT2D eigenvalue weighted by Crippen LogP contribution is -2.25. The van der Waals surface area contributed by atoms with Crippen molar-refractivity contribution in [3.63, 3.8) is 0 Å². The third kappa shape index (κ3) is 2.67. The minimum atomic E-state index is -0.289. The second-order valence-electron chi connectivity index (χ2n) is 4.73. The molecule has 1 atom stereocenters. The van der Waals surface area contributed by atoms with Crippen LogP contribution in [0.5, 0.6) is 0 Å². The van der Waals surface area contributed by atoms with Gasteiger partial charge in [0.1, 0.15) is 6.04 Å². The maximum absolute atomic E-state index is 11.9. The van der Waals surface area contributed by atoms with Crippen LogP contribution in [0.3, 0.4) is 0 Å². The van der Waals surface area contributed by atoms with E-state index in [0.717, 1.165) is 34.4 Å². The van der Waals surface area contributed by atoms with Crippen LogP contribution in [0, 0.1) is 12.3 Å². The second kappa shape index (κ2) is 6.29. The number of benzene rings is 1. The summed E-state index contributed by atoms with van der Waals surface area (Å²) in [6.07, 6.45) is 6.45. The fraction of sp³-hybridized carbons (Fsp3) is 0.400. The Bertz CT molecular complexity index is 565. The summed E-state index contributed by atoms with van der Waals surface area (Å²) < 4.78 is 0.955. The largest absolute Gasteiger partial charge is 0.359 e. The number of amides is 1. The Morgan fingerprint density at radius 1 is 1.55 bits per heavy atom. The van der Waals surface area contributed by atoms with E-state index < -0.39 is 0 Å². The Labute approximate surface area is 128 Å². The van der Waals surface area contributed by atoms with Gasteiger partial charge in [-0.2, -0.15) is 0 Å². The highest BCUT2D eigenvalue weighted by atomic mass is 79.9. The van der Waals surface area contributed by atoms with Crippen molar-refractivity contribution in [1.29, 1.82) is 0 Å². The van der Waals surface area contributed by atoms with Crippen molar-refractivity contribution in [2.75, 3.05) is 30.4 Å². The second-order valence-corrected chi connectivity index (χ2v) is 5.58. The first-order valence-corrected chi connectivity index (χ1v) is 7.41. The van der Waals surface area contributed by atoms with E-state index in [9.17, 15) is 4.79 Å². The highest BCUT2D eigenvalue weighted by molar-refractivity contribution is 9.10. The number of carbonyl (C=O) groups excluding carboxylic acids is 1. The molecule has 0 aliphatic carbocycles. The van der Waals surface area contributed by atoms with Gasteiger partial charge in [-0.05, 0) is 41.5 Å². The van der Waals surface area contributed by atoms with Crippen molar-refractivity contribution in [2.45, 2.75) is 19.4 Å². The molecular formula is C15H18BrN3O. The van der Waals surface area contributed by atoms with E-state index in [-0.39, 0.29) is 11.9 Å². The first-order valence-electron chi connectivity index (χ1n) is 6.62. The van der Waals surface area contributed by atoms with Gasteiger partial charge in [0.05, 0.1) is 12.2 Å². The van der Waals surface area contributed by atoms with E-state index in [0.29, 0.717) is 6.54 Å². The molecule has 2 N–H and O–H groups in total. The predicted molar refractivity (Wildman–Crippen MR) is 85.9 cm³/mol. The lowest BCUT2D eigenvalue weighted by atomic mass is 10.1. The molecule has 1 aromatic rings. The first-order chi connectivity index (χ1) is 9.62. The van der Waals surface area contributed by atoms with Crippen LogP contribution in [0.15, 0.2) is 16.6 Å². The summed E-state index contributed by atoms with van der Waals surface area (Å²) in [4.78, 5) is 14.0. The molecule has 20 heavy (non-hydrogen) atoms. The van der Waals surface area contributed by atoms with Crippen molar-refractivity contribution in [1.82, 2.24) is 5.32 Å².